The number of likely N-dealkylation sites (N-methyl/N-ethyl adjacent to an activating group) is 1. The summed E-state index contributed by atoms with van der Waals surface area (Å²) >= 11 is 0. The third-order valence-electron chi connectivity index (χ3n) is 5.06. The maximum absolute atomic E-state index is 5.96. The van der Waals surface area contributed by atoms with Gasteiger partial charge < -0.3 is 9.47 Å². The highest BCUT2D eigenvalue weighted by Gasteiger charge is 2.29. The van der Waals surface area contributed by atoms with E-state index in [1.54, 1.807) is 7.11 Å². The average Bonchev–Trinajstić information content (AvgIpc) is 2.66. The van der Waals surface area contributed by atoms with E-state index in [4.69, 9.17) is 9.47 Å². The Morgan fingerprint density at radius 3 is 2.68 bits per heavy atom. The Morgan fingerprint density at radius 1 is 1.00 bits per heavy atom. The smallest absolute Gasteiger partial charge is 0.188 e. The number of nitrogens with zero attached hydrogens (tertiary/aromatic N) is 1. The summed E-state index contributed by atoms with van der Waals surface area (Å²) in [5, 5.41) is 2.48. The predicted octanol–water partition coefficient (Wildman–Crippen LogP) is 4.40. The van der Waals surface area contributed by atoms with Crippen molar-refractivity contribution in [1.29, 1.82) is 0 Å². The van der Waals surface area contributed by atoms with Crippen molar-refractivity contribution < 1.29 is 9.47 Å². The van der Waals surface area contributed by atoms with Crippen LogP contribution < -0.4 is 4.74 Å². The van der Waals surface area contributed by atoms with Crippen LogP contribution in [0.25, 0.3) is 10.8 Å². The molecule has 0 radical (unpaired) electrons. The summed E-state index contributed by atoms with van der Waals surface area (Å²) in [6.07, 6.45) is 1.09. The number of methoxy groups -OCH3 is 1. The molecule has 3 aromatic rings. The first-order valence-corrected chi connectivity index (χ1v) is 8.71. The molecule has 0 saturated heterocycles. The average molecular weight is 333 g/mol. The maximum atomic E-state index is 5.96. The van der Waals surface area contributed by atoms with E-state index < -0.39 is 0 Å². The van der Waals surface area contributed by atoms with Crippen LogP contribution in [0.5, 0.6) is 5.75 Å². The van der Waals surface area contributed by atoms with E-state index >= 15 is 0 Å². The first-order chi connectivity index (χ1) is 12.3. The number of ether oxygens (including phenoxy) is 2. The van der Waals surface area contributed by atoms with Crippen LogP contribution in [0.1, 0.15) is 22.7 Å². The lowest BCUT2D eigenvalue weighted by atomic mass is 9.86. The highest BCUT2D eigenvalue weighted by atomic mass is 16.7. The van der Waals surface area contributed by atoms with Crippen LogP contribution in [-0.4, -0.2) is 32.4 Å². The molecule has 0 fully saturated rings. The number of hydrogen-bond acceptors (Lipinski definition) is 3. The topological polar surface area (TPSA) is 21.7 Å². The third kappa shape index (κ3) is 2.90. The lowest BCUT2D eigenvalue weighted by Gasteiger charge is -2.36. The summed E-state index contributed by atoms with van der Waals surface area (Å²) in [7, 11) is 3.85. The van der Waals surface area contributed by atoms with Gasteiger partial charge in [0.25, 0.3) is 0 Å². The summed E-state index contributed by atoms with van der Waals surface area (Å²) in [4.78, 5) is 2.42. The van der Waals surface area contributed by atoms with Gasteiger partial charge in [-0.15, -0.1) is 0 Å². The molecule has 0 N–H and O–H groups in total. The normalized spacial score (nSPS) is 17.4. The zero-order valence-electron chi connectivity index (χ0n) is 14.7. The van der Waals surface area contributed by atoms with Crippen molar-refractivity contribution in [3.8, 4) is 5.75 Å². The number of benzene rings is 3. The largest absolute Gasteiger partial charge is 0.467 e. The minimum Gasteiger partial charge on any atom is -0.467 e. The van der Waals surface area contributed by atoms with E-state index in [-0.39, 0.29) is 12.8 Å². The zero-order chi connectivity index (χ0) is 17.2. The fraction of sp³-hybridized carbons (Fsp3) is 0.273. The van der Waals surface area contributed by atoms with Crippen molar-refractivity contribution in [3.05, 3.63) is 77.4 Å². The van der Waals surface area contributed by atoms with Gasteiger partial charge in [0.15, 0.2) is 6.79 Å². The van der Waals surface area contributed by atoms with Crippen molar-refractivity contribution in [2.24, 2.45) is 0 Å². The molecule has 0 bridgehead atoms. The lowest BCUT2D eigenvalue weighted by molar-refractivity contribution is 0.0496. The summed E-state index contributed by atoms with van der Waals surface area (Å²) < 4.78 is 11.1. The van der Waals surface area contributed by atoms with Gasteiger partial charge in [0.2, 0.25) is 0 Å². The van der Waals surface area contributed by atoms with Crippen molar-refractivity contribution in [2.45, 2.75) is 12.5 Å². The molecule has 4 rings (SSSR count). The quantitative estimate of drug-likeness (QED) is 0.661. The second-order valence-electron chi connectivity index (χ2n) is 6.58. The molecule has 1 aliphatic heterocycles. The van der Waals surface area contributed by atoms with Crippen LogP contribution in [0.3, 0.4) is 0 Å². The van der Waals surface area contributed by atoms with Gasteiger partial charge in [-0.25, -0.2) is 0 Å². The molecule has 0 amide bonds. The van der Waals surface area contributed by atoms with E-state index in [0.29, 0.717) is 0 Å². The van der Waals surface area contributed by atoms with Gasteiger partial charge in [-0.05, 0) is 41.4 Å². The summed E-state index contributed by atoms with van der Waals surface area (Å²) in [5.41, 5.74) is 4.02. The van der Waals surface area contributed by atoms with Crippen molar-refractivity contribution in [3.63, 3.8) is 0 Å². The van der Waals surface area contributed by atoms with Crippen molar-refractivity contribution in [1.82, 2.24) is 4.90 Å². The van der Waals surface area contributed by atoms with E-state index in [9.17, 15) is 0 Å². The molecular formula is C22H23NO2. The van der Waals surface area contributed by atoms with Gasteiger partial charge in [0, 0.05) is 19.2 Å². The molecule has 0 saturated carbocycles. The van der Waals surface area contributed by atoms with Crippen LogP contribution in [0.4, 0.5) is 0 Å². The molecule has 25 heavy (non-hydrogen) atoms. The first kappa shape index (κ1) is 16.1. The molecule has 1 atom stereocenters. The molecule has 0 aromatic heterocycles. The second kappa shape index (κ2) is 6.87. The fourth-order valence-corrected chi connectivity index (χ4v) is 3.87. The van der Waals surface area contributed by atoms with Crippen LogP contribution in [0.15, 0.2) is 60.7 Å². The zero-order valence-corrected chi connectivity index (χ0v) is 14.7. The molecular weight excluding hydrogens is 310 g/mol. The molecule has 1 heterocycles. The van der Waals surface area contributed by atoms with Gasteiger partial charge in [-0.2, -0.15) is 0 Å². The third-order valence-corrected chi connectivity index (χ3v) is 5.06. The second-order valence-corrected chi connectivity index (χ2v) is 6.58. The molecule has 1 unspecified atom stereocenters. The highest BCUT2D eigenvalue weighted by molar-refractivity contribution is 5.88. The maximum Gasteiger partial charge on any atom is 0.188 e. The predicted molar refractivity (Wildman–Crippen MR) is 101 cm³/mol. The van der Waals surface area contributed by atoms with Gasteiger partial charge in [-0.3, -0.25) is 4.90 Å². The summed E-state index contributed by atoms with van der Waals surface area (Å²) in [6, 6.07) is 21.7. The van der Waals surface area contributed by atoms with Gasteiger partial charge in [-0.1, -0.05) is 54.6 Å². The molecule has 128 valence electrons. The summed E-state index contributed by atoms with van der Waals surface area (Å²) in [6.45, 7) is 1.29. The van der Waals surface area contributed by atoms with E-state index in [1.807, 2.05) is 0 Å². The minimum atomic E-state index is 0.183. The Labute approximate surface area is 148 Å². The Morgan fingerprint density at radius 2 is 1.80 bits per heavy atom. The van der Waals surface area contributed by atoms with Crippen LogP contribution >= 0.6 is 0 Å². The molecule has 1 aliphatic rings. The SMILES string of the molecule is COCOc1ccc2ccccc2c1C1c2ccccc2CCN1C. The first-order valence-electron chi connectivity index (χ1n) is 8.71. The summed E-state index contributed by atoms with van der Waals surface area (Å²) in [5.74, 6) is 0.897. The van der Waals surface area contributed by atoms with Gasteiger partial charge in [0.05, 0.1) is 6.04 Å². The van der Waals surface area contributed by atoms with Gasteiger partial charge >= 0.3 is 0 Å². The highest BCUT2D eigenvalue weighted by Crippen LogP contribution is 2.42. The Bertz CT molecular complexity index is 890. The Kier molecular flexibility index (Phi) is 4.43. The standard InChI is InChI=1S/C22H23NO2/c1-23-14-13-17-8-4-6-10-19(17)22(23)21-18-9-5-3-7-16(18)11-12-20(21)25-15-24-2/h3-12,22H,13-15H2,1-2H3. The minimum absolute atomic E-state index is 0.183. The monoisotopic (exact) mass is 333 g/mol. The number of hydrogen-bond donors (Lipinski definition) is 0. The van der Waals surface area contributed by atoms with Crippen LogP contribution in [0, 0.1) is 0 Å². The number of rotatable bonds is 4. The number of fused-ring (bicyclic) bond motifs is 2. The van der Waals surface area contributed by atoms with Crippen molar-refractivity contribution in [2.75, 3.05) is 27.5 Å². The molecule has 3 nitrogen and oxygen atoms in total. The Balaban J connectivity index is 1.95. The molecule has 0 spiro atoms. The molecule has 3 aromatic carbocycles. The van der Waals surface area contributed by atoms with Crippen LogP contribution in [-0.2, 0) is 11.2 Å². The van der Waals surface area contributed by atoms with Crippen molar-refractivity contribution >= 4 is 10.8 Å². The van der Waals surface area contributed by atoms with Gasteiger partial charge in [0.1, 0.15) is 5.75 Å². The van der Waals surface area contributed by atoms with E-state index in [1.165, 1.54) is 27.5 Å². The van der Waals surface area contributed by atoms with E-state index in [0.717, 1.165) is 18.7 Å². The Hall–Kier alpha value is -2.36. The molecule has 0 aliphatic carbocycles. The molecule has 3 heteroatoms. The van der Waals surface area contributed by atoms with Crippen LogP contribution in [0.2, 0.25) is 0 Å². The van der Waals surface area contributed by atoms with E-state index in [2.05, 4.69) is 72.6 Å². The fourth-order valence-electron chi connectivity index (χ4n) is 3.87. The lowest BCUT2D eigenvalue weighted by Crippen LogP contribution is -2.33.